The van der Waals surface area contributed by atoms with Crippen molar-refractivity contribution in [2.75, 3.05) is 13.1 Å². The number of nitrogens with zero attached hydrogens (tertiary/aromatic N) is 1. The number of nitrogens with one attached hydrogen (secondary N) is 1. The van der Waals surface area contributed by atoms with Gasteiger partial charge in [0.1, 0.15) is 6.54 Å². The van der Waals surface area contributed by atoms with Crippen LogP contribution in [0.2, 0.25) is 0 Å². The first-order chi connectivity index (χ1) is 10.5. The molecule has 1 aromatic rings. The lowest BCUT2D eigenvalue weighted by atomic mass is 10.1. The summed E-state index contributed by atoms with van der Waals surface area (Å²) in [7, 11) is 0. The van der Waals surface area contributed by atoms with E-state index in [-0.39, 0.29) is 34.8 Å². The normalized spacial score (nSPS) is 21.8. The molecule has 6 heteroatoms. The zero-order valence-corrected chi connectivity index (χ0v) is 13.6. The average Bonchev–Trinajstić information content (AvgIpc) is 2.51. The molecule has 0 unspecified atom stereocenters. The van der Waals surface area contributed by atoms with Crippen LogP contribution in [0, 0.1) is 0 Å². The monoisotopic (exact) mass is 320 g/mol. The molecular formula is C16H20N2O3S. The van der Waals surface area contributed by atoms with Crippen LogP contribution < -0.4 is 5.32 Å². The first kappa shape index (κ1) is 16.5. The predicted octanol–water partition coefficient (Wildman–Crippen LogP) is 1.22. The van der Waals surface area contributed by atoms with Crippen LogP contribution in [0.4, 0.5) is 0 Å². The van der Waals surface area contributed by atoms with Gasteiger partial charge in [-0.15, -0.1) is 11.8 Å². The smallest absolute Gasteiger partial charge is 0.242 e. The Labute approximate surface area is 134 Å². The van der Waals surface area contributed by atoms with Gasteiger partial charge in [-0.2, -0.15) is 0 Å². The van der Waals surface area contributed by atoms with Crippen LogP contribution in [0.5, 0.6) is 0 Å². The molecule has 1 aromatic carbocycles. The van der Waals surface area contributed by atoms with E-state index in [0.29, 0.717) is 6.54 Å². The second kappa shape index (κ2) is 7.45. The van der Waals surface area contributed by atoms with Crippen LogP contribution in [0.3, 0.4) is 0 Å². The summed E-state index contributed by atoms with van der Waals surface area (Å²) in [5, 5.41) is 2.18. The van der Waals surface area contributed by atoms with Crippen LogP contribution in [0.15, 0.2) is 30.3 Å². The fourth-order valence-electron chi connectivity index (χ4n) is 2.32. The molecule has 0 saturated carbocycles. The van der Waals surface area contributed by atoms with Gasteiger partial charge < -0.3 is 5.32 Å². The molecule has 1 fully saturated rings. The van der Waals surface area contributed by atoms with Gasteiger partial charge >= 0.3 is 0 Å². The van der Waals surface area contributed by atoms with Crippen molar-refractivity contribution in [3.05, 3.63) is 35.9 Å². The molecule has 0 aliphatic carbocycles. The molecule has 5 nitrogen and oxygen atoms in total. The van der Waals surface area contributed by atoms with E-state index in [0.717, 1.165) is 16.9 Å². The zero-order valence-electron chi connectivity index (χ0n) is 12.7. The standard InChI is InChI=1S/C16H20N2O3S/c1-11-15(20)18(16(21)12(2)22-11)10-14(19)17-9-8-13-6-4-3-5-7-13/h3-7,11-12H,8-10H2,1-2H3,(H,17,19)/t11-,12-/m0/s1. The molecular weight excluding hydrogens is 300 g/mol. The van der Waals surface area contributed by atoms with Crippen molar-refractivity contribution in [2.24, 2.45) is 0 Å². The number of carbonyl (C=O) groups is 3. The lowest BCUT2D eigenvalue weighted by molar-refractivity contribution is -0.147. The third kappa shape index (κ3) is 4.10. The van der Waals surface area contributed by atoms with Crippen LogP contribution in [-0.4, -0.2) is 46.2 Å². The molecule has 2 rings (SSSR count). The van der Waals surface area contributed by atoms with Gasteiger partial charge in [0.05, 0.1) is 10.5 Å². The second-order valence-electron chi connectivity index (χ2n) is 5.27. The molecule has 2 atom stereocenters. The minimum absolute atomic E-state index is 0.193. The number of rotatable bonds is 5. The average molecular weight is 320 g/mol. The minimum atomic E-state index is -0.302. The Balaban J connectivity index is 1.83. The summed E-state index contributed by atoms with van der Waals surface area (Å²) < 4.78 is 0. The summed E-state index contributed by atoms with van der Waals surface area (Å²) in [4.78, 5) is 37.0. The van der Waals surface area contributed by atoms with Crippen LogP contribution in [0.1, 0.15) is 19.4 Å². The summed E-state index contributed by atoms with van der Waals surface area (Å²) in [5.74, 6) is -0.874. The summed E-state index contributed by atoms with van der Waals surface area (Å²) in [6.07, 6.45) is 0.719. The highest BCUT2D eigenvalue weighted by atomic mass is 32.2. The van der Waals surface area contributed by atoms with E-state index < -0.39 is 0 Å². The van der Waals surface area contributed by atoms with Crippen molar-refractivity contribution in [3.8, 4) is 0 Å². The summed E-state index contributed by atoms with van der Waals surface area (Å²) in [6, 6.07) is 9.82. The highest BCUT2D eigenvalue weighted by Gasteiger charge is 2.37. The van der Waals surface area contributed by atoms with Crippen molar-refractivity contribution in [1.29, 1.82) is 0 Å². The van der Waals surface area contributed by atoms with Crippen molar-refractivity contribution < 1.29 is 14.4 Å². The molecule has 3 amide bonds. The molecule has 1 saturated heterocycles. The number of benzene rings is 1. The van der Waals surface area contributed by atoms with Crippen molar-refractivity contribution in [2.45, 2.75) is 30.8 Å². The van der Waals surface area contributed by atoms with Crippen molar-refractivity contribution in [1.82, 2.24) is 10.2 Å². The van der Waals surface area contributed by atoms with Crippen molar-refractivity contribution >= 4 is 29.5 Å². The Morgan fingerprint density at radius 2 is 1.73 bits per heavy atom. The fraction of sp³-hybridized carbons (Fsp3) is 0.438. The molecule has 1 aliphatic heterocycles. The summed E-state index contributed by atoms with van der Waals surface area (Å²) in [5.41, 5.74) is 1.13. The Morgan fingerprint density at radius 3 is 2.32 bits per heavy atom. The quantitative estimate of drug-likeness (QED) is 0.829. The molecule has 0 spiro atoms. The lowest BCUT2D eigenvalue weighted by Crippen LogP contribution is -2.53. The Bertz CT molecular complexity index is 542. The van der Waals surface area contributed by atoms with Crippen LogP contribution in [0.25, 0.3) is 0 Å². The molecule has 0 aromatic heterocycles. The Kier molecular flexibility index (Phi) is 5.60. The van der Waals surface area contributed by atoms with E-state index in [1.54, 1.807) is 13.8 Å². The van der Waals surface area contributed by atoms with Gasteiger partial charge in [-0.25, -0.2) is 0 Å². The number of amides is 3. The Morgan fingerprint density at radius 1 is 1.14 bits per heavy atom. The predicted molar refractivity (Wildman–Crippen MR) is 86.4 cm³/mol. The van der Waals surface area contributed by atoms with Gasteiger partial charge in [0.25, 0.3) is 0 Å². The fourth-order valence-corrected chi connectivity index (χ4v) is 3.42. The van der Waals surface area contributed by atoms with E-state index in [9.17, 15) is 14.4 Å². The molecule has 1 heterocycles. The second-order valence-corrected chi connectivity index (χ2v) is 6.96. The molecule has 22 heavy (non-hydrogen) atoms. The maximum atomic E-state index is 12.0. The van der Waals surface area contributed by atoms with E-state index >= 15 is 0 Å². The van der Waals surface area contributed by atoms with Crippen LogP contribution >= 0.6 is 11.8 Å². The highest BCUT2D eigenvalue weighted by Crippen LogP contribution is 2.26. The first-order valence-electron chi connectivity index (χ1n) is 7.30. The number of imide groups is 1. The number of carbonyl (C=O) groups excluding carboxylic acids is 3. The number of thioether (sulfide) groups is 1. The topological polar surface area (TPSA) is 66.5 Å². The Hall–Kier alpha value is -1.82. The molecule has 0 bridgehead atoms. The van der Waals surface area contributed by atoms with Crippen LogP contribution in [-0.2, 0) is 20.8 Å². The van der Waals surface area contributed by atoms with Gasteiger partial charge in [-0.05, 0) is 25.8 Å². The highest BCUT2D eigenvalue weighted by molar-refractivity contribution is 8.02. The molecule has 1 N–H and O–H groups in total. The number of hydrogen-bond donors (Lipinski definition) is 1. The molecule has 118 valence electrons. The van der Waals surface area contributed by atoms with Gasteiger partial charge in [-0.1, -0.05) is 30.3 Å². The zero-order chi connectivity index (χ0) is 16.1. The number of hydrogen-bond acceptors (Lipinski definition) is 4. The SMILES string of the molecule is C[C@@H]1S[C@@H](C)C(=O)N(CC(=O)NCCc2ccccc2)C1=O. The first-order valence-corrected chi connectivity index (χ1v) is 8.24. The largest absolute Gasteiger partial charge is 0.354 e. The minimum Gasteiger partial charge on any atom is -0.354 e. The third-order valence-corrected chi connectivity index (χ3v) is 4.74. The van der Waals surface area contributed by atoms with Gasteiger partial charge in [0.2, 0.25) is 17.7 Å². The molecule has 1 aliphatic rings. The van der Waals surface area contributed by atoms with Gasteiger partial charge in [-0.3, -0.25) is 19.3 Å². The van der Waals surface area contributed by atoms with E-state index in [2.05, 4.69) is 5.32 Å². The summed E-state index contributed by atoms with van der Waals surface area (Å²) >= 11 is 1.33. The van der Waals surface area contributed by atoms with Gasteiger partial charge in [0, 0.05) is 6.54 Å². The molecule has 0 radical (unpaired) electrons. The van der Waals surface area contributed by atoms with E-state index in [4.69, 9.17) is 0 Å². The summed E-state index contributed by atoms with van der Waals surface area (Å²) in [6.45, 7) is 3.81. The van der Waals surface area contributed by atoms with E-state index in [1.807, 2.05) is 30.3 Å². The maximum Gasteiger partial charge on any atom is 0.242 e. The third-order valence-electron chi connectivity index (χ3n) is 3.52. The van der Waals surface area contributed by atoms with Crippen molar-refractivity contribution in [3.63, 3.8) is 0 Å². The van der Waals surface area contributed by atoms with Gasteiger partial charge in [0.15, 0.2) is 0 Å². The lowest BCUT2D eigenvalue weighted by Gasteiger charge is -2.31. The maximum absolute atomic E-state index is 12.0. The van der Waals surface area contributed by atoms with E-state index in [1.165, 1.54) is 11.8 Å².